The Labute approximate surface area is 122 Å². The lowest BCUT2D eigenvalue weighted by atomic mass is 10.1. The van der Waals surface area contributed by atoms with E-state index in [2.05, 4.69) is 25.8 Å². The third-order valence-corrected chi connectivity index (χ3v) is 3.64. The first-order valence-corrected chi connectivity index (χ1v) is 7.60. The molecule has 20 heavy (non-hydrogen) atoms. The summed E-state index contributed by atoms with van der Waals surface area (Å²) in [4.78, 5) is 18.9. The zero-order valence-electron chi connectivity index (χ0n) is 13.1. The van der Waals surface area contributed by atoms with Gasteiger partial charge < -0.3 is 10.6 Å². The molecule has 0 saturated carbocycles. The van der Waals surface area contributed by atoms with Crippen molar-refractivity contribution in [1.82, 2.24) is 9.88 Å². The second-order valence-corrected chi connectivity index (χ2v) is 5.23. The van der Waals surface area contributed by atoms with Gasteiger partial charge in [-0.05, 0) is 38.3 Å². The largest absolute Gasteiger partial charge is 0.384 e. The molecule has 112 valence electrons. The number of hydrogen-bond acceptors (Lipinski definition) is 3. The number of carbonyl (C=O) groups excluding carboxylic acids is 1. The van der Waals surface area contributed by atoms with E-state index in [4.69, 9.17) is 5.73 Å². The van der Waals surface area contributed by atoms with Crippen LogP contribution in [0.2, 0.25) is 0 Å². The molecule has 0 spiro atoms. The van der Waals surface area contributed by atoms with Crippen LogP contribution in [0.4, 0.5) is 5.82 Å². The lowest BCUT2D eigenvalue weighted by molar-refractivity contribution is 0.0685. The molecule has 1 atom stereocenters. The maximum Gasteiger partial charge on any atom is 0.254 e. The van der Waals surface area contributed by atoms with E-state index in [1.807, 2.05) is 17.9 Å². The van der Waals surface area contributed by atoms with E-state index < -0.39 is 0 Å². The lowest BCUT2D eigenvalue weighted by Crippen LogP contribution is -2.39. The number of anilines is 1. The van der Waals surface area contributed by atoms with Crippen molar-refractivity contribution >= 4 is 11.7 Å². The standard InChI is InChI=1S/C16H27N3O/c1-5-8-9-19(12(4)6-2)16(20)13-10-14(7-3)18-15(17)11-13/h10-12H,5-9H2,1-4H3,(H2,17,18). The van der Waals surface area contributed by atoms with Crippen LogP contribution in [0.15, 0.2) is 12.1 Å². The molecule has 0 bridgehead atoms. The van der Waals surface area contributed by atoms with Crippen molar-refractivity contribution in [1.29, 1.82) is 0 Å². The number of aromatic nitrogens is 1. The van der Waals surface area contributed by atoms with E-state index in [0.29, 0.717) is 11.4 Å². The maximum absolute atomic E-state index is 12.7. The van der Waals surface area contributed by atoms with Crippen molar-refractivity contribution in [2.45, 2.75) is 59.4 Å². The summed E-state index contributed by atoms with van der Waals surface area (Å²) in [7, 11) is 0. The number of nitrogen functional groups attached to an aromatic ring is 1. The van der Waals surface area contributed by atoms with Crippen LogP contribution in [0.25, 0.3) is 0 Å². The summed E-state index contributed by atoms with van der Waals surface area (Å²) in [6.45, 7) is 9.15. The van der Waals surface area contributed by atoms with Crippen LogP contribution in [-0.2, 0) is 6.42 Å². The average Bonchev–Trinajstić information content (AvgIpc) is 2.46. The highest BCUT2D eigenvalue weighted by atomic mass is 16.2. The number of rotatable bonds is 7. The molecule has 0 aliphatic rings. The third kappa shape index (κ3) is 4.22. The molecule has 0 aliphatic carbocycles. The molecule has 0 saturated heterocycles. The van der Waals surface area contributed by atoms with Gasteiger partial charge in [-0.3, -0.25) is 4.79 Å². The number of nitrogens with zero attached hydrogens (tertiary/aromatic N) is 2. The van der Waals surface area contributed by atoms with Gasteiger partial charge in [-0.1, -0.05) is 27.2 Å². The van der Waals surface area contributed by atoms with Gasteiger partial charge in [-0.2, -0.15) is 0 Å². The number of unbranched alkanes of at least 4 members (excludes halogenated alkanes) is 1. The second kappa shape index (κ2) is 7.88. The summed E-state index contributed by atoms with van der Waals surface area (Å²) in [5.41, 5.74) is 7.33. The Balaban J connectivity index is 3.01. The molecule has 0 fully saturated rings. The van der Waals surface area contributed by atoms with Crippen LogP contribution in [-0.4, -0.2) is 28.4 Å². The Kier molecular flexibility index (Phi) is 6.49. The fraction of sp³-hybridized carbons (Fsp3) is 0.625. The first-order valence-electron chi connectivity index (χ1n) is 7.60. The molecule has 0 radical (unpaired) electrons. The summed E-state index contributed by atoms with van der Waals surface area (Å²) in [5.74, 6) is 0.490. The summed E-state index contributed by atoms with van der Waals surface area (Å²) in [6, 6.07) is 3.79. The number of pyridine rings is 1. The molecule has 4 heteroatoms. The van der Waals surface area contributed by atoms with Gasteiger partial charge in [0.05, 0.1) is 0 Å². The van der Waals surface area contributed by atoms with E-state index in [-0.39, 0.29) is 11.9 Å². The van der Waals surface area contributed by atoms with Gasteiger partial charge in [0.25, 0.3) is 5.91 Å². The Hall–Kier alpha value is -1.58. The van der Waals surface area contributed by atoms with Gasteiger partial charge in [0.15, 0.2) is 0 Å². The minimum Gasteiger partial charge on any atom is -0.384 e. The predicted octanol–water partition coefficient (Wildman–Crippen LogP) is 3.27. The Morgan fingerprint density at radius 2 is 2.05 bits per heavy atom. The Morgan fingerprint density at radius 1 is 1.35 bits per heavy atom. The van der Waals surface area contributed by atoms with Crippen LogP contribution >= 0.6 is 0 Å². The fourth-order valence-electron chi connectivity index (χ4n) is 2.15. The molecule has 1 aromatic rings. The van der Waals surface area contributed by atoms with E-state index >= 15 is 0 Å². The van der Waals surface area contributed by atoms with Crippen LogP contribution in [0.5, 0.6) is 0 Å². The zero-order valence-corrected chi connectivity index (χ0v) is 13.1. The van der Waals surface area contributed by atoms with Crippen molar-refractivity contribution in [2.24, 2.45) is 0 Å². The normalized spacial score (nSPS) is 12.2. The van der Waals surface area contributed by atoms with Gasteiger partial charge in [0.1, 0.15) is 5.82 Å². The molecule has 1 rings (SSSR count). The van der Waals surface area contributed by atoms with Crippen molar-refractivity contribution < 1.29 is 4.79 Å². The molecule has 1 aromatic heterocycles. The van der Waals surface area contributed by atoms with Gasteiger partial charge in [-0.15, -0.1) is 0 Å². The molecular weight excluding hydrogens is 250 g/mol. The third-order valence-electron chi connectivity index (χ3n) is 3.64. The molecule has 1 heterocycles. The van der Waals surface area contributed by atoms with Crippen LogP contribution in [0.1, 0.15) is 63.0 Å². The van der Waals surface area contributed by atoms with Crippen molar-refractivity contribution in [3.63, 3.8) is 0 Å². The molecule has 0 aliphatic heterocycles. The Bertz CT molecular complexity index is 445. The second-order valence-electron chi connectivity index (χ2n) is 5.23. The van der Waals surface area contributed by atoms with Crippen molar-refractivity contribution in [3.8, 4) is 0 Å². The van der Waals surface area contributed by atoms with E-state index in [1.165, 1.54) is 0 Å². The summed E-state index contributed by atoms with van der Waals surface area (Å²) in [5, 5.41) is 0. The van der Waals surface area contributed by atoms with Crippen molar-refractivity contribution in [2.75, 3.05) is 12.3 Å². The number of amides is 1. The van der Waals surface area contributed by atoms with E-state index in [1.54, 1.807) is 6.07 Å². The van der Waals surface area contributed by atoms with Crippen LogP contribution < -0.4 is 5.73 Å². The quantitative estimate of drug-likeness (QED) is 0.832. The molecule has 0 aromatic carbocycles. The van der Waals surface area contributed by atoms with Gasteiger partial charge in [-0.25, -0.2) is 4.98 Å². The number of hydrogen-bond donors (Lipinski definition) is 1. The van der Waals surface area contributed by atoms with Crippen LogP contribution in [0.3, 0.4) is 0 Å². The predicted molar refractivity (Wildman–Crippen MR) is 83.7 cm³/mol. The number of nitrogens with two attached hydrogens (primary N) is 1. The average molecular weight is 277 g/mol. The monoisotopic (exact) mass is 277 g/mol. The fourth-order valence-corrected chi connectivity index (χ4v) is 2.15. The first-order chi connectivity index (χ1) is 9.53. The lowest BCUT2D eigenvalue weighted by Gasteiger charge is -2.29. The number of carbonyl (C=O) groups is 1. The van der Waals surface area contributed by atoms with Crippen LogP contribution in [0, 0.1) is 0 Å². The smallest absolute Gasteiger partial charge is 0.254 e. The highest BCUT2D eigenvalue weighted by Crippen LogP contribution is 2.15. The maximum atomic E-state index is 12.7. The van der Waals surface area contributed by atoms with Gasteiger partial charge in [0.2, 0.25) is 0 Å². The Morgan fingerprint density at radius 3 is 2.60 bits per heavy atom. The van der Waals surface area contributed by atoms with E-state index in [9.17, 15) is 4.79 Å². The van der Waals surface area contributed by atoms with Crippen molar-refractivity contribution in [3.05, 3.63) is 23.4 Å². The minimum atomic E-state index is 0.0663. The highest BCUT2D eigenvalue weighted by Gasteiger charge is 2.20. The van der Waals surface area contributed by atoms with Gasteiger partial charge in [0, 0.05) is 23.8 Å². The molecule has 1 amide bonds. The first kappa shape index (κ1) is 16.5. The number of aryl methyl sites for hydroxylation is 1. The SMILES string of the molecule is CCCCN(C(=O)c1cc(N)nc(CC)c1)C(C)CC. The summed E-state index contributed by atoms with van der Waals surface area (Å²) >= 11 is 0. The molecule has 2 N–H and O–H groups in total. The highest BCUT2D eigenvalue weighted by molar-refractivity contribution is 5.95. The summed E-state index contributed by atoms with van der Waals surface area (Å²) < 4.78 is 0. The zero-order chi connectivity index (χ0) is 15.1. The molecular formula is C16H27N3O. The molecule has 4 nitrogen and oxygen atoms in total. The topological polar surface area (TPSA) is 59.2 Å². The minimum absolute atomic E-state index is 0.0663. The van der Waals surface area contributed by atoms with Gasteiger partial charge >= 0.3 is 0 Å². The molecule has 1 unspecified atom stereocenters. The van der Waals surface area contributed by atoms with E-state index in [0.717, 1.165) is 37.9 Å². The summed E-state index contributed by atoms with van der Waals surface area (Å²) in [6.07, 6.45) is 3.84.